The average molecular weight is 205 g/mol. The molecule has 0 radical (unpaired) electrons. The summed E-state index contributed by atoms with van der Waals surface area (Å²) in [6.07, 6.45) is -4.86. The van der Waals surface area contributed by atoms with Gasteiger partial charge in [0.05, 0.1) is 12.7 Å². The molecule has 3 nitrogen and oxygen atoms in total. The maximum Gasteiger partial charge on any atom is 0.330 e. The Hall–Kier alpha value is -0.400. The molecule has 3 N–H and O–H groups in total. The number of rotatable bonds is 6. The number of alkyl halides is 4. The van der Waals surface area contributed by atoms with Crippen LogP contribution >= 0.6 is 0 Å². The first-order chi connectivity index (χ1) is 5.90. The molecule has 1 atom stereocenters. The van der Waals surface area contributed by atoms with Crippen molar-refractivity contribution >= 4 is 0 Å². The normalized spacial score (nSPS) is 15.0. The van der Waals surface area contributed by atoms with E-state index < -0.39 is 31.7 Å². The summed E-state index contributed by atoms with van der Waals surface area (Å²) in [6.45, 7) is -2.05. The summed E-state index contributed by atoms with van der Waals surface area (Å²) in [5, 5.41) is 8.71. The van der Waals surface area contributed by atoms with Gasteiger partial charge in [0, 0.05) is 6.54 Å². The van der Waals surface area contributed by atoms with E-state index in [1.807, 2.05) is 0 Å². The van der Waals surface area contributed by atoms with Gasteiger partial charge >= 0.3 is 12.3 Å². The van der Waals surface area contributed by atoms with Crippen LogP contribution in [0.1, 0.15) is 0 Å². The van der Waals surface area contributed by atoms with Crippen LogP contribution in [0.2, 0.25) is 0 Å². The smallest absolute Gasteiger partial charge is 0.330 e. The Morgan fingerprint density at radius 1 is 1.38 bits per heavy atom. The molecule has 0 aliphatic heterocycles. The molecular weight excluding hydrogens is 194 g/mol. The Labute approximate surface area is 72.5 Å². The minimum absolute atomic E-state index is 0.166. The summed E-state index contributed by atoms with van der Waals surface area (Å²) in [7, 11) is 0. The van der Waals surface area contributed by atoms with Crippen molar-refractivity contribution in [1.82, 2.24) is 0 Å². The number of ether oxygens (including phenoxy) is 1. The first-order valence-electron chi connectivity index (χ1n) is 3.52. The third kappa shape index (κ3) is 5.02. The van der Waals surface area contributed by atoms with E-state index in [4.69, 9.17) is 10.8 Å². The van der Waals surface area contributed by atoms with Crippen LogP contribution in [0.5, 0.6) is 0 Å². The lowest BCUT2D eigenvalue weighted by molar-refractivity contribution is -0.170. The predicted molar refractivity (Wildman–Crippen MR) is 36.8 cm³/mol. The molecule has 0 saturated heterocycles. The summed E-state index contributed by atoms with van der Waals surface area (Å²) < 4.78 is 51.4. The van der Waals surface area contributed by atoms with Crippen molar-refractivity contribution in [3.05, 3.63) is 0 Å². The quantitative estimate of drug-likeness (QED) is 0.610. The number of halogens is 4. The third-order valence-electron chi connectivity index (χ3n) is 1.20. The maximum atomic E-state index is 12.1. The minimum atomic E-state index is -4.17. The fourth-order valence-electron chi connectivity index (χ4n) is 0.462. The summed E-state index contributed by atoms with van der Waals surface area (Å²) in [6, 6.07) is 0. The third-order valence-corrected chi connectivity index (χ3v) is 1.20. The van der Waals surface area contributed by atoms with Crippen molar-refractivity contribution in [2.24, 2.45) is 5.73 Å². The van der Waals surface area contributed by atoms with Crippen LogP contribution in [-0.2, 0) is 4.74 Å². The molecule has 7 heteroatoms. The van der Waals surface area contributed by atoms with Gasteiger partial charge in [0.1, 0.15) is 6.61 Å². The molecule has 80 valence electrons. The molecule has 13 heavy (non-hydrogen) atoms. The summed E-state index contributed by atoms with van der Waals surface area (Å²) >= 11 is 0. The Morgan fingerprint density at radius 2 is 1.92 bits per heavy atom. The van der Waals surface area contributed by atoms with Crippen LogP contribution in [0.4, 0.5) is 17.6 Å². The number of aliphatic hydroxyl groups excluding tert-OH is 1. The molecule has 0 rings (SSSR count). The van der Waals surface area contributed by atoms with Gasteiger partial charge in [-0.2, -0.15) is 8.78 Å². The zero-order valence-electron chi connectivity index (χ0n) is 6.72. The fourth-order valence-corrected chi connectivity index (χ4v) is 0.462. The van der Waals surface area contributed by atoms with Gasteiger partial charge in [-0.3, -0.25) is 0 Å². The van der Waals surface area contributed by atoms with Crippen molar-refractivity contribution in [2.75, 3.05) is 19.8 Å². The van der Waals surface area contributed by atoms with Crippen LogP contribution in [0, 0.1) is 0 Å². The topological polar surface area (TPSA) is 55.5 Å². The molecule has 0 aromatic heterocycles. The number of nitrogens with two attached hydrogens (primary N) is 1. The number of hydrogen-bond acceptors (Lipinski definition) is 3. The second-order valence-electron chi connectivity index (χ2n) is 2.47. The Morgan fingerprint density at radius 3 is 2.31 bits per heavy atom. The van der Waals surface area contributed by atoms with Crippen molar-refractivity contribution < 1.29 is 27.4 Å². The van der Waals surface area contributed by atoms with E-state index in [9.17, 15) is 17.6 Å². The molecule has 0 saturated carbocycles. The number of hydrogen-bond donors (Lipinski definition) is 2. The van der Waals surface area contributed by atoms with E-state index >= 15 is 0 Å². The van der Waals surface area contributed by atoms with Gasteiger partial charge in [0.25, 0.3) is 0 Å². The van der Waals surface area contributed by atoms with Crippen molar-refractivity contribution in [2.45, 2.75) is 18.5 Å². The highest BCUT2D eigenvalue weighted by Gasteiger charge is 2.40. The van der Waals surface area contributed by atoms with Gasteiger partial charge < -0.3 is 15.6 Å². The van der Waals surface area contributed by atoms with E-state index in [0.717, 1.165) is 0 Å². The highest BCUT2D eigenvalue weighted by Crippen LogP contribution is 2.22. The van der Waals surface area contributed by atoms with E-state index in [0.29, 0.717) is 0 Å². The van der Waals surface area contributed by atoms with E-state index in [-0.39, 0.29) is 6.54 Å². The summed E-state index contributed by atoms with van der Waals surface area (Å²) in [5.41, 5.74) is 4.92. The van der Waals surface area contributed by atoms with Crippen LogP contribution in [0.15, 0.2) is 0 Å². The van der Waals surface area contributed by atoms with E-state index in [2.05, 4.69) is 4.74 Å². The van der Waals surface area contributed by atoms with Gasteiger partial charge in [-0.1, -0.05) is 0 Å². The average Bonchev–Trinajstić information content (AvgIpc) is 2.03. The molecule has 0 spiro atoms. The van der Waals surface area contributed by atoms with E-state index in [1.165, 1.54) is 0 Å². The zero-order valence-corrected chi connectivity index (χ0v) is 6.72. The molecule has 0 aromatic rings. The van der Waals surface area contributed by atoms with Crippen molar-refractivity contribution in [1.29, 1.82) is 0 Å². The SMILES string of the molecule is NC[C@H](O)COCC(F)(F)C(F)F. The second kappa shape index (κ2) is 5.36. The molecule has 0 aliphatic carbocycles. The van der Waals surface area contributed by atoms with Gasteiger partial charge in [-0.15, -0.1) is 0 Å². The molecule has 0 bridgehead atoms. The zero-order chi connectivity index (χ0) is 10.5. The van der Waals surface area contributed by atoms with Crippen LogP contribution in [0.3, 0.4) is 0 Å². The summed E-state index contributed by atoms with van der Waals surface area (Å²) in [4.78, 5) is 0. The Kier molecular flexibility index (Phi) is 5.19. The van der Waals surface area contributed by atoms with Crippen LogP contribution < -0.4 is 5.73 Å². The highest BCUT2D eigenvalue weighted by molar-refractivity contribution is 4.68. The van der Waals surface area contributed by atoms with Gasteiger partial charge in [0.15, 0.2) is 0 Å². The molecule has 0 unspecified atom stereocenters. The number of aliphatic hydroxyl groups is 1. The lowest BCUT2D eigenvalue weighted by Gasteiger charge is -2.16. The standard InChI is InChI=1S/C6H11F4NO2/c7-5(8)6(9,10)3-13-2-4(12)1-11/h4-5,12H,1-3,11H2/t4-/m0/s1. The molecular formula is C6H11F4NO2. The molecule has 0 amide bonds. The van der Waals surface area contributed by atoms with Gasteiger partial charge in [0.2, 0.25) is 0 Å². The predicted octanol–water partition coefficient (Wildman–Crippen LogP) is 0.223. The van der Waals surface area contributed by atoms with Crippen LogP contribution in [0.25, 0.3) is 0 Å². The van der Waals surface area contributed by atoms with Crippen molar-refractivity contribution in [3.8, 4) is 0 Å². The van der Waals surface area contributed by atoms with Gasteiger partial charge in [-0.05, 0) is 0 Å². The molecule has 0 fully saturated rings. The molecule has 0 heterocycles. The van der Waals surface area contributed by atoms with Gasteiger partial charge in [-0.25, -0.2) is 8.78 Å². The molecule has 0 aliphatic rings. The molecule has 0 aromatic carbocycles. The van der Waals surface area contributed by atoms with Crippen LogP contribution in [-0.4, -0.2) is 43.3 Å². The summed E-state index contributed by atoms with van der Waals surface area (Å²) in [5.74, 6) is -4.17. The Balaban J connectivity index is 3.63. The first kappa shape index (κ1) is 12.6. The highest BCUT2D eigenvalue weighted by atomic mass is 19.3. The minimum Gasteiger partial charge on any atom is -0.389 e. The lowest BCUT2D eigenvalue weighted by Crippen LogP contribution is -2.35. The second-order valence-corrected chi connectivity index (χ2v) is 2.47. The largest absolute Gasteiger partial charge is 0.389 e. The lowest BCUT2D eigenvalue weighted by atomic mass is 10.3. The Bertz CT molecular complexity index is 145. The first-order valence-corrected chi connectivity index (χ1v) is 3.52. The van der Waals surface area contributed by atoms with E-state index in [1.54, 1.807) is 0 Å². The fraction of sp³-hybridized carbons (Fsp3) is 1.00. The maximum absolute atomic E-state index is 12.1. The van der Waals surface area contributed by atoms with Crippen molar-refractivity contribution in [3.63, 3.8) is 0 Å². The monoisotopic (exact) mass is 205 g/mol.